The quantitative estimate of drug-likeness (QED) is 0.607. The SMILES string of the molecule is CC(=O)N1CCCN(C(=O)c2cccc([N+](=O)[O-])c2)CC1. The molecule has 7 heteroatoms. The molecule has 1 heterocycles. The van der Waals surface area contributed by atoms with E-state index in [1.807, 2.05) is 0 Å². The number of hydrogen-bond acceptors (Lipinski definition) is 4. The minimum Gasteiger partial charge on any atom is -0.341 e. The van der Waals surface area contributed by atoms with Crippen LogP contribution in [-0.2, 0) is 4.79 Å². The summed E-state index contributed by atoms with van der Waals surface area (Å²) in [5, 5.41) is 10.8. The van der Waals surface area contributed by atoms with Crippen LogP contribution in [0.1, 0.15) is 23.7 Å². The van der Waals surface area contributed by atoms with Gasteiger partial charge in [-0.2, -0.15) is 0 Å². The second-order valence-corrected chi connectivity index (χ2v) is 4.96. The summed E-state index contributed by atoms with van der Waals surface area (Å²) in [5.41, 5.74) is 0.210. The Morgan fingerprint density at radius 2 is 1.81 bits per heavy atom. The standard InChI is InChI=1S/C14H17N3O4/c1-11(18)15-6-3-7-16(9-8-15)14(19)12-4-2-5-13(10-12)17(20)21/h2,4-5,10H,3,6-9H2,1H3. The number of non-ortho nitro benzene ring substituents is 1. The minimum atomic E-state index is -0.517. The second-order valence-electron chi connectivity index (χ2n) is 4.96. The van der Waals surface area contributed by atoms with Gasteiger partial charge in [-0.25, -0.2) is 0 Å². The van der Waals surface area contributed by atoms with Crippen LogP contribution in [0.2, 0.25) is 0 Å². The van der Waals surface area contributed by atoms with Gasteiger partial charge in [-0.05, 0) is 12.5 Å². The van der Waals surface area contributed by atoms with E-state index in [-0.39, 0.29) is 17.5 Å². The zero-order valence-corrected chi connectivity index (χ0v) is 11.8. The molecule has 0 saturated carbocycles. The maximum Gasteiger partial charge on any atom is 0.270 e. The normalized spacial score (nSPS) is 15.5. The molecule has 0 atom stereocenters. The van der Waals surface area contributed by atoms with Gasteiger partial charge in [0.05, 0.1) is 4.92 Å². The van der Waals surface area contributed by atoms with Crippen molar-refractivity contribution in [2.45, 2.75) is 13.3 Å². The Morgan fingerprint density at radius 1 is 1.14 bits per heavy atom. The zero-order chi connectivity index (χ0) is 15.4. The topological polar surface area (TPSA) is 83.8 Å². The van der Waals surface area contributed by atoms with Gasteiger partial charge in [-0.1, -0.05) is 6.07 Å². The molecule has 21 heavy (non-hydrogen) atoms. The number of hydrogen-bond donors (Lipinski definition) is 0. The average Bonchev–Trinajstić information content (AvgIpc) is 2.72. The highest BCUT2D eigenvalue weighted by Gasteiger charge is 2.22. The van der Waals surface area contributed by atoms with Crippen LogP contribution in [0, 0.1) is 10.1 Å². The van der Waals surface area contributed by atoms with Gasteiger partial charge >= 0.3 is 0 Å². The molecule has 0 aromatic heterocycles. The van der Waals surface area contributed by atoms with E-state index in [1.54, 1.807) is 15.9 Å². The fourth-order valence-electron chi connectivity index (χ4n) is 2.37. The fraction of sp³-hybridized carbons (Fsp3) is 0.429. The molecule has 1 saturated heterocycles. The van der Waals surface area contributed by atoms with Crippen LogP contribution in [0.5, 0.6) is 0 Å². The Kier molecular flexibility index (Phi) is 4.52. The summed E-state index contributed by atoms with van der Waals surface area (Å²) in [6, 6.07) is 5.72. The molecule has 0 spiro atoms. The molecule has 0 N–H and O–H groups in total. The number of amides is 2. The van der Waals surface area contributed by atoms with Crippen molar-refractivity contribution in [2.24, 2.45) is 0 Å². The summed E-state index contributed by atoms with van der Waals surface area (Å²) in [4.78, 5) is 37.4. The highest BCUT2D eigenvalue weighted by Crippen LogP contribution is 2.16. The Labute approximate surface area is 122 Å². The van der Waals surface area contributed by atoms with Crippen LogP contribution < -0.4 is 0 Å². The first kappa shape index (κ1) is 15.0. The van der Waals surface area contributed by atoms with Gasteiger partial charge < -0.3 is 9.80 Å². The summed E-state index contributed by atoms with van der Waals surface area (Å²) in [6.07, 6.45) is 0.709. The van der Waals surface area contributed by atoms with Gasteiger partial charge in [-0.15, -0.1) is 0 Å². The summed E-state index contributed by atoms with van der Waals surface area (Å²) in [6.45, 7) is 3.63. The van der Waals surface area contributed by atoms with Gasteiger partial charge in [0, 0.05) is 50.8 Å². The number of rotatable bonds is 2. The molecule has 1 aliphatic heterocycles. The van der Waals surface area contributed by atoms with Crippen molar-refractivity contribution in [1.82, 2.24) is 9.80 Å². The van der Waals surface area contributed by atoms with Crippen molar-refractivity contribution in [3.8, 4) is 0 Å². The number of benzene rings is 1. The molecule has 2 rings (SSSR count). The number of carbonyl (C=O) groups excluding carboxylic acids is 2. The van der Waals surface area contributed by atoms with Crippen LogP contribution in [0.25, 0.3) is 0 Å². The van der Waals surface area contributed by atoms with E-state index >= 15 is 0 Å². The lowest BCUT2D eigenvalue weighted by Gasteiger charge is -2.21. The summed E-state index contributed by atoms with van der Waals surface area (Å²) in [5.74, 6) is -0.233. The highest BCUT2D eigenvalue weighted by atomic mass is 16.6. The number of nitrogens with zero attached hydrogens (tertiary/aromatic N) is 3. The molecule has 1 aromatic rings. The van der Waals surface area contributed by atoms with E-state index < -0.39 is 4.92 Å². The van der Waals surface area contributed by atoms with Gasteiger partial charge in [-0.3, -0.25) is 19.7 Å². The molecule has 1 fully saturated rings. The molecule has 0 unspecified atom stereocenters. The van der Waals surface area contributed by atoms with Crippen molar-refractivity contribution in [2.75, 3.05) is 26.2 Å². The van der Waals surface area contributed by atoms with Gasteiger partial charge in [0.15, 0.2) is 0 Å². The summed E-state index contributed by atoms with van der Waals surface area (Å²) >= 11 is 0. The first-order valence-electron chi connectivity index (χ1n) is 6.78. The Balaban J connectivity index is 2.11. The molecule has 7 nitrogen and oxygen atoms in total. The Hall–Kier alpha value is -2.44. The smallest absolute Gasteiger partial charge is 0.270 e. The Morgan fingerprint density at radius 3 is 2.48 bits per heavy atom. The van der Waals surface area contributed by atoms with Crippen molar-refractivity contribution in [1.29, 1.82) is 0 Å². The van der Waals surface area contributed by atoms with Crippen LogP contribution in [0.3, 0.4) is 0 Å². The second kappa shape index (κ2) is 6.34. The maximum atomic E-state index is 12.4. The lowest BCUT2D eigenvalue weighted by atomic mass is 10.1. The molecule has 1 aliphatic rings. The predicted molar refractivity (Wildman–Crippen MR) is 75.9 cm³/mol. The van der Waals surface area contributed by atoms with Crippen molar-refractivity contribution >= 4 is 17.5 Å². The van der Waals surface area contributed by atoms with Crippen LogP contribution in [-0.4, -0.2) is 52.7 Å². The average molecular weight is 291 g/mol. The fourth-order valence-corrected chi connectivity index (χ4v) is 2.37. The summed E-state index contributed by atoms with van der Waals surface area (Å²) in [7, 11) is 0. The van der Waals surface area contributed by atoms with Crippen molar-refractivity contribution < 1.29 is 14.5 Å². The van der Waals surface area contributed by atoms with E-state index in [2.05, 4.69) is 0 Å². The van der Waals surface area contributed by atoms with Crippen LogP contribution in [0.4, 0.5) is 5.69 Å². The first-order chi connectivity index (χ1) is 9.99. The van der Waals surface area contributed by atoms with E-state index in [0.29, 0.717) is 38.2 Å². The molecule has 2 amide bonds. The number of nitro benzene ring substituents is 1. The largest absolute Gasteiger partial charge is 0.341 e. The van der Waals surface area contributed by atoms with Crippen LogP contribution in [0.15, 0.2) is 24.3 Å². The molecular formula is C14H17N3O4. The molecule has 0 radical (unpaired) electrons. The van der Waals surface area contributed by atoms with Crippen LogP contribution >= 0.6 is 0 Å². The Bertz CT molecular complexity index is 573. The highest BCUT2D eigenvalue weighted by molar-refractivity contribution is 5.94. The predicted octanol–water partition coefficient (Wildman–Crippen LogP) is 1.29. The van der Waals surface area contributed by atoms with E-state index in [1.165, 1.54) is 25.1 Å². The monoisotopic (exact) mass is 291 g/mol. The third kappa shape index (κ3) is 3.56. The maximum absolute atomic E-state index is 12.4. The van der Waals surface area contributed by atoms with E-state index in [0.717, 1.165) is 0 Å². The molecule has 1 aromatic carbocycles. The van der Waals surface area contributed by atoms with Crippen molar-refractivity contribution in [3.63, 3.8) is 0 Å². The van der Waals surface area contributed by atoms with Crippen molar-refractivity contribution in [3.05, 3.63) is 39.9 Å². The van der Waals surface area contributed by atoms with Gasteiger partial charge in [0.25, 0.3) is 11.6 Å². The van der Waals surface area contributed by atoms with Gasteiger partial charge in [0.2, 0.25) is 5.91 Å². The lowest BCUT2D eigenvalue weighted by Crippen LogP contribution is -2.36. The third-order valence-electron chi connectivity index (χ3n) is 3.53. The van der Waals surface area contributed by atoms with E-state index in [4.69, 9.17) is 0 Å². The number of nitro groups is 1. The van der Waals surface area contributed by atoms with Gasteiger partial charge in [0.1, 0.15) is 0 Å². The summed E-state index contributed by atoms with van der Waals surface area (Å²) < 4.78 is 0. The third-order valence-corrected chi connectivity index (χ3v) is 3.53. The van der Waals surface area contributed by atoms with E-state index in [9.17, 15) is 19.7 Å². The number of carbonyl (C=O) groups is 2. The lowest BCUT2D eigenvalue weighted by molar-refractivity contribution is -0.384. The molecule has 112 valence electrons. The molecule has 0 bridgehead atoms. The first-order valence-corrected chi connectivity index (χ1v) is 6.78. The minimum absolute atomic E-state index is 0.000326. The zero-order valence-electron chi connectivity index (χ0n) is 11.8. The molecular weight excluding hydrogens is 274 g/mol. The molecule has 0 aliphatic carbocycles.